The molecule has 3 N–H and O–H groups in total. The lowest BCUT2D eigenvalue weighted by atomic mass is 10.1. The Labute approximate surface area is 164 Å². The number of nitrogens with zero attached hydrogens (tertiary/aromatic N) is 1. The van der Waals surface area contributed by atoms with E-state index in [0.717, 1.165) is 36.4 Å². The van der Waals surface area contributed by atoms with Gasteiger partial charge in [-0.3, -0.25) is 4.72 Å². The molecule has 0 saturated heterocycles. The molecule has 1 heterocycles. The van der Waals surface area contributed by atoms with Gasteiger partial charge in [0.25, 0.3) is 10.0 Å². The average Bonchev–Trinajstić information content (AvgIpc) is 3.14. The zero-order valence-electron chi connectivity index (χ0n) is 14.5. The van der Waals surface area contributed by atoms with Gasteiger partial charge in [-0.1, -0.05) is 0 Å². The van der Waals surface area contributed by atoms with Crippen LogP contribution < -0.4 is 9.86 Å². The SMILES string of the molecule is NS(=O)(=O)c1ccc(S(=O)(=O)Nc2cc(C(F)(F)F)ccc2-n2cccc2)cc1. The summed E-state index contributed by atoms with van der Waals surface area (Å²) in [5.74, 6) is 0. The van der Waals surface area contributed by atoms with Crippen LogP contribution in [0.5, 0.6) is 0 Å². The number of nitrogens with one attached hydrogen (secondary N) is 1. The molecule has 0 aliphatic heterocycles. The first kappa shape index (κ1) is 20.9. The Balaban J connectivity index is 2.05. The van der Waals surface area contributed by atoms with Crippen LogP contribution in [-0.4, -0.2) is 21.4 Å². The maximum Gasteiger partial charge on any atom is 0.416 e. The van der Waals surface area contributed by atoms with Crippen molar-refractivity contribution in [2.24, 2.45) is 5.14 Å². The Bertz CT molecular complexity index is 1240. The van der Waals surface area contributed by atoms with Gasteiger partial charge in [-0.25, -0.2) is 22.0 Å². The monoisotopic (exact) mass is 445 g/mol. The minimum atomic E-state index is -4.67. The van der Waals surface area contributed by atoms with Crippen LogP contribution in [0.1, 0.15) is 5.56 Å². The molecule has 0 saturated carbocycles. The lowest BCUT2D eigenvalue weighted by Crippen LogP contribution is -2.17. The third kappa shape index (κ3) is 4.60. The number of rotatable bonds is 5. The Hall–Kier alpha value is -2.83. The first-order chi connectivity index (χ1) is 13.4. The number of alkyl halides is 3. The molecule has 0 fully saturated rings. The third-order valence-corrected chi connectivity index (χ3v) is 6.22. The maximum absolute atomic E-state index is 13.1. The fourth-order valence-corrected chi connectivity index (χ4v) is 4.11. The topological polar surface area (TPSA) is 111 Å². The number of benzene rings is 2. The molecule has 0 unspecified atom stereocenters. The summed E-state index contributed by atoms with van der Waals surface area (Å²) in [5.41, 5.74) is -1.16. The van der Waals surface area contributed by atoms with Gasteiger partial charge in [0.05, 0.1) is 26.7 Å². The molecule has 3 rings (SSSR count). The number of sulfonamides is 2. The summed E-state index contributed by atoms with van der Waals surface area (Å²) in [6.45, 7) is 0. The number of primary sulfonamides is 1. The van der Waals surface area contributed by atoms with Crippen molar-refractivity contribution in [3.63, 3.8) is 0 Å². The van der Waals surface area contributed by atoms with E-state index in [9.17, 15) is 30.0 Å². The molecule has 2 aromatic carbocycles. The Morgan fingerprint density at radius 3 is 1.93 bits per heavy atom. The van der Waals surface area contributed by atoms with Crippen molar-refractivity contribution in [2.45, 2.75) is 16.0 Å². The van der Waals surface area contributed by atoms with E-state index < -0.39 is 31.8 Å². The molecule has 1 aromatic heterocycles. The molecule has 3 aromatic rings. The molecule has 0 radical (unpaired) electrons. The largest absolute Gasteiger partial charge is 0.416 e. The number of aromatic nitrogens is 1. The highest BCUT2D eigenvalue weighted by Gasteiger charge is 2.31. The van der Waals surface area contributed by atoms with Crippen molar-refractivity contribution in [3.05, 3.63) is 72.6 Å². The summed E-state index contributed by atoms with van der Waals surface area (Å²) in [7, 11) is -8.34. The molecule has 0 aliphatic carbocycles. The second-order valence-electron chi connectivity index (χ2n) is 5.94. The summed E-state index contributed by atoms with van der Waals surface area (Å²) < 4.78 is 90.8. The van der Waals surface area contributed by atoms with Gasteiger partial charge in [-0.2, -0.15) is 13.2 Å². The van der Waals surface area contributed by atoms with Crippen LogP contribution >= 0.6 is 0 Å². The Morgan fingerprint density at radius 2 is 1.41 bits per heavy atom. The number of hydrogen-bond acceptors (Lipinski definition) is 4. The van der Waals surface area contributed by atoms with Crippen LogP contribution in [0.4, 0.5) is 18.9 Å². The molecule has 29 heavy (non-hydrogen) atoms. The number of hydrogen-bond donors (Lipinski definition) is 2. The Morgan fingerprint density at radius 1 is 0.862 bits per heavy atom. The Kier molecular flexibility index (Phi) is 5.19. The minimum Gasteiger partial charge on any atom is -0.322 e. The fraction of sp³-hybridized carbons (Fsp3) is 0.0588. The number of nitrogens with two attached hydrogens (primary N) is 1. The molecule has 0 spiro atoms. The highest BCUT2D eigenvalue weighted by atomic mass is 32.2. The predicted molar refractivity (Wildman–Crippen MR) is 99.4 cm³/mol. The molecule has 154 valence electrons. The van der Waals surface area contributed by atoms with E-state index >= 15 is 0 Å². The van der Waals surface area contributed by atoms with Crippen LogP contribution in [0.25, 0.3) is 5.69 Å². The minimum absolute atomic E-state index is 0.174. The van der Waals surface area contributed by atoms with E-state index in [-0.39, 0.29) is 21.2 Å². The van der Waals surface area contributed by atoms with E-state index in [1.165, 1.54) is 4.57 Å². The number of anilines is 1. The summed E-state index contributed by atoms with van der Waals surface area (Å²) in [6, 6.07) is 9.89. The zero-order valence-corrected chi connectivity index (χ0v) is 16.1. The van der Waals surface area contributed by atoms with Gasteiger partial charge < -0.3 is 4.57 Å². The van der Waals surface area contributed by atoms with Gasteiger partial charge in [-0.05, 0) is 54.6 Å². The molecule has 0 bridgehead atoms. The van der Waals surface area contributed by atoms with Crippen LogP contribution in [0.3, 0.4) is 0 Å². The van der Waals surface area contributed by atoms with Crippen LogP contribution in [0.2, 0.25) is 0 Å². The third-order valence-electron chi connectivity index (χ3n) is 3.91. The molecule has 0 atom stereocenters. The molecule has 0 aliphatic rings. The van der Waals surface area contributed by atoms with Crippen LogP contribution in [0.15, 0.2) is 76.8 Å². The van der Waals surface area contributed by atoms with Crippen molar-refractivity contribution < 1.29 is 30.0 Å². The van der Waals surface area contributed by atoms with Gasteiger partial charge in [0.2, 0.25) is 10.0 Å². The first-order valence-electron chi connectivity index (χ1n) is 7.88. The van der Waals surface area contributed by atoms with Crippen LogP contribution in [-0.2, 0) is 26.2 Å². The molecule has 0 amide bonds. The standard InChI is InChI=1S/C17H14F3N3O4S2/c18-17(19,20)12-3-8-16(23-9-1-2-10-23)15(11-12)22-29(26,27)14-6-4-13(5-7-14)28(21,24)25/h1-11,22H,(H2,21,24,25). The second kappa shape index (κ2) is 7.21. The van der Waals surface area contributed by atoms with Gasteiger partial charge in [0.15, 0.2) is 0 Å². The van der Waals surface area contributed by atoms with Gasteiger partial charge in [0, 0.05) is 12.4 Å². The van der Waals surface area contributed by atoms with Crippen LogP contribution in [0, 0.1) is 0 Å². The van der Waals surface area contributed by atoms with Gasteiger partial charge >= 0.3 is 6.18 Å². The highest BCUT2D eigenvalue weighted by molar-refractivity contribution is 7.92. The van der Waals surface area contributed by atoms with E-state index in [1.807, 2.05) is 0 Å². The molecule has 12 heteroatoms. The zero-order chi connectivity index (χ0) is 21.4. The van der Waals surface area contributed by atoms with Crippen molar-refractivity contribution in [2.75, 3.05) is 4.72 Å². The quantitative estimate of drug-likeness (QED) is 0.629. The summed E-state index contributed by atoms with van der Waals surface area (Å²) >= 11 is 0. The lowest BCUT2D eigenvalue weighted by molar-refractivity contribution is -0.137. The second-order valence-corrected chi connectivity index (χ2v) is 9.19. The summed E-state index contributed by atoms with van der Waals surface area (Å²) in [5, 5.41) is 4.97. The first-order valence-corrected chi connectivity index (χ1v) is 10.9. The smallest absolute Gasteiger partial charge is 0.322 e. The van der Waals surface area contributed by atoms with E-state index in [1.54, 1.807) is 24.5 Å². The maximum atomic E-state index is 13.1. The van der Waals surface area contributed by atoms with Gasteiger partial charge in [-0.15, -0.1) is 0 Å². The normalized spacial score (nSPS) is 12.7. The van der Waals surface area contributed by atoms with E-state index in [0.29, 0.717) is 6.07 Å². The highest BCUT2D eigenvalue weighted by Crippen LogP contribution is 2.34. The molecule has 7 nitrogen and oxygen atoms in total. The van der Waals surface area contributed by atoms with Crippen molar-refractivity contribution in [1.29, 1.82) is 0 Å². The fourth-order valence-electron chi connectivity index (χ4n) is 2.53. The predicted octanol–water partition coefficient (Wildman–Crippen LogP) is 2.94. The van der Waals surface area contributed by atoms with E-state index in [2.05, 4.69) is 4.72 Å². The summed E-state index contributed by atoms with van der Waals surface area (Å²) in [6.07, 6.45) is -1.59. The van der Waals surface area contributed by atoms with E-state index in [4.69, 9.17) is 5.14 Å². The molecular formula is C17H14F3N3O4S2. The van der Waals surface area contributed by atoms with Crippen molar-refractivity contribution >= 4 is 25.7 Å². The summed E-state index contributed by atoms with van der Waals surface area (Å²) in [4.78, 5) is -0.649. The average molecular weight is 445 g/mol. The molecular weight excluding hydrogens is 431 g/mol. The van der Waals surface area contributed by atoms with Crippen molar-refractivity contribution in [1.82, 2.24) is 4.57 Å². The van der Waals surface area contributed by atoms with Crippen molar-refractivity contribution in [3.8, 4) is 5.69 Å². The van der Waals surface area contributed by atoms with Gasteiger partial charge in [0.1, 0.15) is 0 Å². The number of halogens is 3. The lowest BCUT2D eigenvalue weighted by Gasteiger charge is -2.16.